The maximum absolute atomic E-state index is 10.2. The number of rotatable bonds is 15. The molecule has 0 saturated carbocycles. The molecule has 0 rings (SSSR count). The first kappa shape index (κ1) is 20.2. The predicted octanol–water partition coefficient (Wildman–Crippen LogP) is 5.19. The molecule has 0 aromatic heterocycles. The molecule has 0 heterocycles. The molecule has 0 aliphatic heterocycles. The van der Waals surface area contributed by atoms with Gasteiger partial charge in [0.2, 0.25) is 0 Å². The van der Waals surface area contributed by atoms with Gasteiger partial charge in [0, 0.05) is 0 Å². The first-order chi connectivity index (χ1) is 10.1. The van der Waals surface area contributed by atoms with Crippen molar-refractivity contribution in [3.63, 3.8) is 0 Å². The fourth-order valence-electron chi connectivity index (χ4n) is 2.14. The summed E-state index contributed by atoms with van der Waals surface area (Å²) in [6.07, 6.45) is 19.1. The predicted molar refractivity (Wildman–Crippen MR) is 87.4 cm³/mol. The van der Waals surface area contributed by atoms with Crippen molar-refractivity contribution in [2.24, 2.45) is 0 Å². The highest BCUT2D eigenvalue weighted by Gasteiger charge is 1.98. The molecule has 0 aliphatic carbocycles. The van der Waals surface area contributed by atoms with Crippen molar-refractivity contribution in [1.82, 2.24) is 0 Å². The van der Waals surface area contributed by atoms with Gasteiger partial charge in [-0.2, -0.15) is 8.42 Å². The zero-order valence-electron chi connectivity index (χ0n) is 13.0. The number of hydrogen-bond donors (Lipinski definition) is 1. The maximum Gasteiger partial charge on any atom is 0.445 e. The van der Waals surface area contributed by atoms with Gasteiger partial charge in [-0.15, -0.1) is 6.58 Å². The molecule has 0 unspecified atom stereocenters. The summed E-state index contributed by atoms with van der Waals surface area (Å²) in [5.74, 6) is 0. The Bertz CT molecular complexity index is 360. The Balaban J connectivity index is 3.14. The molecule has 1 N–H and O–H groups in total. The van der Waals surface area contributed by atoms with E-state index >= 15 is 0 Å². The summed E-state index contributed by atoms with van der Waals surface area (Å²) in [7, 11) is -4.33. The Morgan fingerprint density at radius 3 is 1.67 bits per heavy atom. The first-order valence-electron chi connectivity index (χ1n) is 7.98. The largest absolute Gasteiger partial charge is 0.445 e. The van der Waals surface area contributed by atoms with Crippen molar-refractivity contribution < 1.29 is 17.2 Å². The third kappa shape index (κ3) is 19.2. The second kappa shape index (κ2) is 14.1. The zero-order valence-corrected chi connectivity index (χ0v) is 13.8. The van der Waals surface area contributed by atoms with Gasteiger partial charge in [0.05, 0.1) is 0 Å². The second-order valence-corrected chi connectivity index (χ2v) is 6.35. The zero-order chi connectivity index (χ0) is 15.8. The Labute approximate surface area is 130 Å². The molecule has 21 heavy (non-hydrogen) atoms. The van der Waals surface area contributed by atoms with E-state index in [4.69, 9.17) is 4.55 Å². The topological polar surface area (TPSA) is 63.6 Å². The van der Waals surface area contributed by atoms with Gasteiger partial charge in [-0.1, -0.05) is 57.4 Å². The highest BCUT2D eigenvalue weighted by molar-refractivity contribution is 7.81. The lowest BCUT2D eigenvalue weighted by Crippen LogP contribution is -1.96. The Kier molecular flexibility index (Phi) is 13.6. The lowest BCUT2D eigenvalue weighted by atomic mass is 10.1. The summed E-state index contributed by atoms with van der Waals surface area (Å²) in [5, 5.41) is 0. The highest BCUT2D eigenvalue weighted by Crippen LogP contribution is 2.12. The Morgan fingerprint density at radius 2 is 1.24 bits per heavy atom. The summed E-state index contributed by atoms with van der Waals surface area (Å²) >= 11 is 0. The van der Waals surface area contributed by atoms with Gasteiger partial charge in [0.1, 0.15) is 6.26 Å². The van der Waals surface area contributed by atoms with Gasteiger partial charge in [-0.25, -0.2) is 0 Å². The average Bonchev–Trinajstić information content (AvgIpc) is 2.42. The molecule has 0 saturated heterocycles. The lowest BCUT2D eigenvalue weighted by molar-refractivity contribution is 0.355. The van der Waals surface area contributed by atoms with E-state index in [-0.39, 0.29) is 0 Å². The van der Waals surface area contributed by atoms with E-state index in [0.29, 0.717) is 0 Å². The van der Waals surface area contributed by atoms with Crippen molar-refractivity contribution in [2.75, 3.05) is 0 Å². The van der Waals surface area contributed by atoms with E-state index in [1.165, 1.54) is 51.4 Å². The fourth-order valence-corrected chi connectivity index (χ4v) is 2.36. The third-order valence-corrected chi connectivity index (χ3v) is 3.66. The molecule has 5 heteroatoms. The number of hydrogen-bond acceptors (Lipinski definition) is 3. The van der Waals surface area contributed by atoms with E-state index in [0.717, 1.165) is 31.9 Å². The van der Waals surface area contributed by atoms with E-state index in [1.54, 1.807) is 6.08 Å². The minimum absolute atomic E-state index is 0.777. The highest BCUT2D eigenvalue weighted by atomic mass is 32.3. The smallest absolute Gasteiger partial charge is 0.370 e. The van der Waals surface area contributed by atoms with E-state index in [9.17, 15) is 8.42 Å². The van der Waals surface area contributed by atoms with Crippen LogP contribution in [0, 0.1) is 0 Å². The van der Waals surface area contributed by atoms with E-state index < -0.39 is 10.4 Å². The first-order valence-corrected chi connectivity index (χ1v) is 9.34. The monoisotopic (exact) mass is 318 g/mol. The van der Waals surface area contributed by atoms with Gasteiger partial charge in [0.25, 0.3) is 0 Å². The second-order valence-electron chi connectivity index (χ2n) is 5.30. The van der Waals surface area contributed by atoms with Crippen LogP contribution in [0.5, 0.6) is 0 Å². The Hall–Kier alpha value is -0.810. The molecular formula is C16H30O4S. The molecule has 124 valence electrons. The van der Waals surface area contributed by atoms with Crippen LogP contribution in [0.2, 0.25) is 0 Å². The van der Waals surface area contributed by atoms with Crippen molar-refractivity contribution in [2.45, 2.75) is 77.0 Å². The molecule has 0 spiro atoms. The van der Waals surface area contributed by atoms with Crippen LogP contribution in [-0.4, -0.2) is 13.0 Å². The van der Waals surface area contributed by atoms with Crippen LogP contribution in [0.4, 0.5) is 0 Å². The molecule has 0 atom stereocenters. The van der Waals surface area contributed by atoms with E-state index in [2.05, 4.69) is 10.8 Å². The summed E-state index contributed by atoms with van der Waals surface area (Å²) in [6.45, 7) is 3.72. The number of unbranched alkanes of at least 4 members (excludes halogenated alkanes) is 11. The van der Waals surface area contributed by atoms with Gasteiger partial charge >= 0.3 is 10.4 Å². The third-order valence-electron chi connectivity index (χ3n) is 3.30. The summed E-state index contributed by atoms with van der Waals surface area (Å²) in [6, 6.07) is 0. The van der Waals surface area contributed by atoms with Crippen LogP contribution in [0.15, 0.2) is 25.0 Å². The lowest BCUT2D eigenvalue weighted by Gasteiger charge is -2.01. The molecule has 0 amide bonds. The minimum Gasteiger partial charge on any atom is -0.370 e. The molecule has 0 aromatic rings. The Morgan fingerprint density at radius 1 is 0.810 bits per heavy atom. The molecule has 0 aliphatic rings. The normalized spacial score (nSPS) is 11.9. The SMILES string of the molecule is C=CCCCCCCCCCCCC/C=C/OS(=O)(=O)O. The standard InChI is InChI=1S/C16H30O4S/c1-2-3-4-5-6-7-8-9-10-11-12-13-14-15-16-20-21(17,18)19/h2,15-16H,1,3-14H2,(H,17,18,19)/b16-15+. The molecule has 0 bridgehead atoms. The average molecular weight is 318 g/mol. The van der Waals surface area contributed by atoms with Gasteiger partial charge in [-0.05, 0) is 31.8 Å². The van der Waals surface area contributed by atoms with E-state index in [1.807, 2.05) is 6.08 Å². The number of allylic oxidation sites excluding steroid dienone is 2. The van der Waals surface area contributed by atoms with Crippen molar-refractivity contribution >= 4 is 10.4 Å². The van der Waals surface area contributed by atoms with Gasteiger partial charge in [-0.3, -0.25) is 4.55 Å². The minimum atomic E-state index is -4.33. The molecule has 0 aromatic carbocycles. The molecular weight excluding hydrogens is 288 g/mol. The summed E-state index contributed by atoms with van der Waals surface area (Å²) in [4.78, 5) is 0. The van der Waals surface area contributed by atoms with Crippen molar-refractivity contribution in [3.05, 3.63) is 25.0 Å². The van der Waals surface area contributed by atoms with Crippen molar-refractivity contribution in [1.29, 1.82) is 0 Å². The molecule has 0 radical (unpaired) electrons. The van der Waals surface area contributed by atoms with Crippen LogP contribution >= 0.6 is 0 Å². The molecule has 4 nitrogen and oxygen atoms in total. The van der Waals surface area contributed by atoms with Crippen molar-refractivity contribution in [3.8, 4) is 0 Å². The maximum atomic E-state index is 10.2. The van der Waals surface area contributed by atoms with Crippen LogP contribution < -0.4 is 0 Å². The van der Waals surface area contributed by atoms with Gasteiger partial charge < -0.3 is 4.18 Å². The van der Waals surface area contributed by atoms with Crippen LogP contribution in [0.25, 0.3) is 0 Å². The summed E-state index contributed by atoms with van der Waals surface area (Å²) in [5.41, 5.74) is 0. The van der Waals surface area contributed by atoms with Crippen LogP contribution in [-0.2, 0) is 14.6 Å². The van der Waals surface area contributed by atoms with Gasteiger partial charge in [0.15, 0.2) is 0 Å². The fraction of sp³-hybridized carbons (Fsp3) is 0.750. The summed E-state index contributed by atoms with van der Waals surface area (Å²) < 4.78 is 32.9. The molecule has 0 fully saturated rings. The van der Waals surface area contributed by atoms with Crippen LogP contribution in [0.3, 0.4) is 0 Å². The quantitative estimate of drug-likeness (QED) is 0.195. The van der Waals surface area contributed by atoms with Crippen LogP contribution in [0.1, 0.15) is 77.0 Å².